The zero-order valence-electron chi connectivity index (χ0n) is 11.7. The van der Waals surface area contributed by atoms with Crippen molar-refractivity contribution in [2.24, 2.45) is 0 Å². The molecule has 1 fully saturated rings. The summed E-state index contributed by atoms with van der Waals surface area (Å²) >= 11 is 0. The predicted octanol–water partition coefficient (Wildman–Crippen LogP) is 2.96. The minimum atomic E-state index is 0.695. The summed E-state index contributed by atoms with van der Waals surface area (Å²) in [6, 6.07) is 7.08. The van der Waals surface area contributed by atoms with E-state index in [9.17, 15) is 0 Å². The molecule has 1 N–H and O–H groups in total. The van der Waals surface area contributed by atoms with Crippen LogP contribution in [0.5, 0.6) is 0 Å². The van der Waals surface area contributed by atoms with Gasteiger partial charge >= 0.3 is 0 Å². The lowest BCUT2D eigenvalue weighted by Gasteiger charge is -2.37. The molecule has 0 saturated carbocycles. The standard InChI is InChI=1S/C15H25N3/c1-3-7-14-9-4-5-11-18(14)15-10-6-8-13(17-15)12-16-2/h6,8,10,14,16H,3-5,7,9,11-12H2,1-2H3. The molecule has 3 nitrogen and oxygen atoms in total. The van der Waals surface area contributed by atoms with Gasteiger partial charge in [-0.1, -0.05) is 19.4 Å². The van der Waals surface area contributed by atoms with Crippen LogP contribution in [0.3, 0.4) is 0 Å². The summed E-state index contributed by atoms with van der Waals surface area (Å²) in [4.78, 5) is 7.30. The molecule has 18 heavy (non-hydrogen) atoms. The van der Waals surface area contributed by atoms with Gasteiger partial charge in [0.25, 0.3) is 0 Å². The van der Waals surface area contributed by atoms with Crippen LogP contribution in [0.2, 0.25) is 0 Å². The summed E-state index contributed by atoms with van der Waals surface area (Å²) in [6.45, 7) is 4.29. The maximum atomic E-state index is 4.78. The number of nitrogens with zero attached hydrogens (tertiary/aromatic N) is 2. The Kier molecular flexibility index (Phi) is 5.00. The Morgan fingerprint density at radius 3 is 3.06 bits per heavy atom. The summed E-state index contributed by atoms with van der Waals surface area (Å²) in [6.07, 6.45) is 6.55. The van der Waals surface area contributed by atoms with Gasteiger partial charge in [0.05, 0.1) is 5.69 Å². The molecule has 3 heteroatoms. The monoisotopic (exact) mass is 247 g/mol. The molecule has 2 rings (SSSR count). The highest BCUT2D eigenvalue weighted by molar-refractivity contribution is 5.41. The lowest BCUT2D eigenvalue weighted by Crippen LogP contribution is -2.40. The van der Waals surface area contributed by atoms with E-state index in [1.807, 2.05) is 7.05 Å². The number of hydrogen-bond acceptors (Lipinski definition) is 3. The molecule has 1 atom stereocenters. The first-order valence-electron chi connectivity index (χ1n) is 7.22. The molecule has 1 aliphatic heterocycles. The largest absolute Gasteiger partial charge is 0.354 e. The van der Waals surface area contributed by atoms with Gasteiger partial charge in [-0.15, -0.1) is 0 Å². The van der Waals surface area contributed by atoms with Crippen molar-refractivity contribution in [1.29, 1.82) is 0 Å². The molecule has 1 unspecified atom stereocenters. The van der Waals surface area contributed by atoms with Crippen LogP contribution < -0.4 is 10.2 Å². The number of hydrogen-bond donors (Lipinski definition) is 1. The van der Waals surface area contributed by atoms with Crippen molar-refractivity contribution >= 4 is 5.82 Å². The van der Waals surface area contributed by atoms with Gasteiger partial charge in [-0.05, 0) is 44.9 Å². The van der Waals surface area contributed by atoms with Crippen LogP contribution in [0.1, 0.15) is 44.7 Å². The number of piperidine rings is 1. The number of rotatable bonds is 5. The van der Waals surface area contributed by atoms with Crippen molar-refractivity contribution in [3.05, 3.63) is 23.9 Å². The Morgan fingerprint density at radius 1 is 1.39 bits per heavy atom. The van der Waals surface area contributed by atoms with E-state index < -0.39 is 0 Å². The summed E-state index contributed by atoms with van der Waals surface area (Å²) in [5, 5.41) is 3.17. The van der Waals surface area contributed by atoms with Gasteiger partial charge in [-0.2, -0.15) is 0 Å². The topological polar surface area (TPSA) is 28.2 Å². The third-order valence-corrected chi connectivity index (χ3v) is 3.69. The van der Waals surface area contributed by atoms with E-state index in [1.165, 1.54) is 44.5 Å². The Morgan fingerprint density at radius 2 is 2.28 bits per heavy atom. The van der Waals surface area contributed by atoms with Gasteiger partial charge < -0.3 is 10.2 Å². The van der Waals surface area contributed by atoms with E-state index in [2.05, 4.69) is 35.3 Å². The molecule has 0 radical (unpaired) electrons. The third kappa shape index (κ3) is 3.22. The van der Waals surface area contributed by atoms with Gasteiger partial charge in [-0.25, -0.2) is 4.98 Å². The number of aromatic nitrogens is 1. The lowest BCUT2D eigenvalue weighted by atomic mass is 9.98. The zero-order chi connectivity index (χ0) is 12.8. The molecule has 0 aliphatic carbocycles. The Bertz CT molecular complexity index is 363. The lowest BCUT2D eigenvalue weighted by molar-refractivity contribution is 0.431. The minimum absolute atomic E-state index is 0.695. The molecule has 0 amide bonds. The fraction of sp³-hybridized carbons (Fsp3) is 0.667. The highest BCUT2D eigenvalue weighted by atomic mass is 15.2. The fourth-order valence-corrected chi connectivity index (χ4v) is 2.84. The fourth-order valence-electron chi connectivity index (χ4n) is 2.84. The molecule has 1 aromatic heterocycles. The van der Waals surface area contributed by atoms with Crippen molar-refractivity contribution in [2.45, 2.75) is 51.6 Å². The van der Waals surface area contributed by atoms with Crippen LogP contribution >= 0.6 is 0 Å². The van der Waals surface area contributed by atoms with Crippen molar-refractivity contribution in [3.63, 3.8) is 0 Å². The molecular formula is C15H25N3. The maximum absolute atomic E-state index is 4.78. The van der Waals surface area contributed by atoms with Crippen molar-refractivity contribution in [1.82, 2.24) is 10.3 Å². The molecule has 0 bridgehead atoms. The van der Waals surface area contributed by atoms with E-state index >= 15 is 0 Å². The first-order chi connectivity index (χ1) is 8.85. The molecule has 1 aliphatic rings. The smallest absolute Gasteiger partial charge is 0.129 e. The quantitative estimate of drug-likeness (QED) is 0.867. The zero-order valence-corrected chi connectivity index (χ0v) is 11.7. The van der Waals surface area contributed by atoms with E-state index in [0.717, 1.165) is 12.2 Å². The SMILES string of the molecule is CCCC1CCCCN1c1cccc(CNC)n1. The highest BCUT2D eigenvalue weighted by Crippen LogP contribution is 2.25. The van der Waals surface area contributed by atoms with Gasteiger partial charge in [0.1, 0.15) is 5.82 Å². The highest BCUT2D eigenvalue weighted by Gasteiger charge is 2.22. The third-order valence-electron chi connectivity index (χ3n) is 3.69. The van der Waals surface area contributed by atoms with Gasteiger partial charge in [0, 0.05) is 19.1 Å². The van der Waals surface area contributed by atoms with Gasteiger partial charge in [-0.3, -0.25) is 0 Å². The van der Waals surface area contributed by atoms with E-state index in [0.29, 0.717) is 6.04 Å². The minimum Gasteiger partial charge on any atom is -0.354 e. The molecule has 0 aromatic carbocycles. The van der Waals surface area contributed by atoms with E-state index in [-0.39, 0.29) is 0 Å². The maximum Gasteiger partial charge on any atom is 0.129 e. The number of anilines is 1. The first kappa shape index (κ1) is 13.3. The second kappa shape index (κ2) is 6.74. The van der Waals surface area contributed by atoms with Gasteiger partial charge in [0.2, 0.25) is 0 Å². The normalized spacial score (nSPS) is 20.1. The average Bonchev–Trinajstić information content (AvgIpc) is 2.40. The molecule has 2 heterocycles. The molecular weight excluding hydrogens is 222 g/mol. The van der Waals surface area contributed by atoms with E-state index in [1.54, 1.807) is 0 Å². The number of nitrogens with one attached hydrogen (secondary N) is 1. The van der Waals surface area contributed by atoms with Crippen LogP contribution in [-0.4, -0.2) is 24.6 Å². The van der Waals surface area contributed by atoms with E-state index in [4.69, 9.17) is 4.98 Å². The van der Waals surface area contributed by atoms with Crippen LogP contribution in [0, 0.1) is 0 Å². The molecule has 1 saturated heterocycles. The second-order valence-corrected chi connectivity index (χ2v) is 5.15. The summed E-state index contributed by atoms with van der Waals surface area (Å²) in [5.74, 6) is 1.17. The predicted molar refractivity (Wildman–Crippen MR) is 76.9 cm³/mol. The summed E-state index contributed by atoms with van der Waals surface area (Å²) in [5.41, 5.74) is 1.14. The summed E-state index contributed by atoms with van der Waals surface area (Å²) in [7, 11) is 1.97. The Balaban J connectivity index is 2.14. The van der Waals surface area contributed by atoms with Crippen molar-refractivity contribution in [2.75, 3.05) is 18.5 Å². The average molecular weight is 247 g/mol. The van der Waals surface area contributed by atoms with Crippen molar-refractivity contribution < 1.29 is 0 Å². The Hall–Kier alpha value is -1.09. The molecule has 100 valence electrons. The van der Waals surface area contributed by atoms with Crippen molar-refractivity contribution in [3.8, 4) is 0 Å². The molecule has 1 aromatic rings. The van der Waals surface area contributed by atoms with Crippen LogP contribution in [0.4, 0.5) is 5.82 Å². The van der Waals surface area contributed by atoms with Crippen LogP contribution in [-0.2, 0) is 6.54 Å². The second-order valence-electron chi connectivity index (χ2n) is 5.15. The van der Waals surface area contributed by atoms with Crippen LogP contribution in [0.15, 0.2) is 18.2 Å². The summed E-state index contributed by atoms with van der Waals surface area (Å²) < 4.78 is 0. The van der Waals surface area contributed by atoms with Crippen LogP contribution in [0.25, 0.3) is 0 Å². The molecule has 0 spiro atoms. The number of pyridine rings is 1. The Labute approximate surface area is 111 Å². The first-order valence-corrected chi connectivity index (χ1v) is 7.22. The van der Waals surface area contributed by atoms with Gasteiger partial charge in [0.15, 0.2) is 0 Å².